The van der Waals surface area contributed by atoms with Crippen LogP contribution in [0.25, 0.3) is 94.3 Å². The molecule has 0 radical (unpaired) electrons. The first-order chi connectivity index (χ1) is 25.3. The average Bonchev–Trinajstić information content (AvgIpc) is 3.55. The molecule has 2 aromatic heterocycles. The molecule has 0 bridgehead atoms. The van der Waals surface area contributed by atoms with Gasteiger partial charge in [-0.15, -0.1) is 0 Å². The van der Waals surface area contributed by atoms with Crippen molar-refractivity contribution in [2.75, 3.05) is 0 Å². The van der Waals surface area contributed by atoms with E-state index in [1.165, 1.54) is 32.5 Å². The highest BCUT2D eigenvalue weighted by Gasteiger charge is 2.22. The van der Waals surface area contributed by atoms with Crippen molar-refractivity contribution in [3.8, 4) is 51.0 Å². The van der Waals surface area contributed by atoms with Crippen molar-refractivity contribution in [3.63, 3.8) is 0 Å². The maximum atomic E-state index is 5.25. The topological polar surface area (TPSA) is 43.6 Å². The second-order valence-electron chi connectivity index (χ2n) is 12.8. The summed E-state index contributed by atoms with van der Waals surface area (Å²) in [6.07, 6.45) is 0. The summed E-state index contributed by atoms with van der Waals surface area (Å²) < 4.78 is 2.25. The number of fused-ring (bicyclic) bond motifs is 6. The molecule has 0 aliphatic heterocycles. The van der Waals surface area contributed by atoms with E-state index in [2.05, 4.69) is 150 Å². The fourth-order valence-corrected chi connectivity index (χ4v) is 7.49. The van der Waals surface area contributed by atoms with Gasteiger partial charge in [-0.3, -0.25) is 4.57 Å². The van der Waals surface area contributed by atoms with Crippen LogP contribution in [0.3, 0.4) is 0 Å². The van der Waals surface area contributed by atoms with Crippen molar-refractivity contribution in [1.82, 2.24) is 19.5 Å². The van der Waals surface area contributed by atoms with E-state index < -0.39 is 0 Å². The first-order valence-corrected chi connectivity index (χ1v) is 17.2. The Labute approximate surface area is 295 Å². The number of benzene rings is 8. The Bertz CT molecular complexity index is 2830. The largest absolute Gasteiger partial charge is 0.278 e. The van der Waals surface area contributed by atoms with Gasteiger partial charge in [0, 0.05) is 21.9 Å². The predicted octanol–water partition coefficient (Wildman–Crippen LogP) is 11.9. The van der Waals surface area contributed by atoms with Crippen LogP contribution in [0, 0.1) is 0 Å². The molecule has 0 saturated heterocycles. The number of nitrogens with zero attached hydrogens (tertiary/aromatic N) is 4. The molecule has 0 spiro atoms. The van der Waals surface area contributed by atoms with Crippen LogP contribution in [0.15, 0.2) is 182 Å². The molecule has 0 atom stereocenters. The van der Waals surface area contributed by atoms with E-state index in [1.807, 2.05) is 36.4 Å². The van der Waals surface area contributed by atoms with Crippen LogP contribution in [-0.2, 0) is 0 Å². The Balaban J connectivity index is 1.36. The molecule has 10 aromatic rings. The van der Waals surface area contributed by atoms with Gasteiger partial charge in [0.15, 0.2) is 11.6 Å². The minimum absolute atomic E-state index is 0.576. The molecule has 8 aromatic carbocycles. The third-order valence-corrected chi connectivity index (χ3v) is 9.85. The zero-order valence-corrected chi connectivity index (χ0v) is 27.6. The monoisotopic (exact) mass is 650 g/mol. The van der Waals surface area contributed by atoms with Crippen LogP contribution in [-0.4, -0.2) is 19.5 Å². The van der Waals surface area contributed by atoms with Crippen molar-refractivity contribution >= 4 is 43.4 Å². The maximum Gasteiger partial charge on any atom is 0.238 e. The second kappa shape index (κ2) is 11.9. The molecule has 0 aliphatic carbocycles. The minimum atomic E-state index is 0.576. The third kappa shape index (κ3) is 4.88. The quantitative estimate of drug-likeness (QED) is 0.186. The van der Waals surface area contributed by atoms with E-state index in [0.29, 0.717) is 17.6 Å². The molecule has 0 saturated carbocycles. The van der Waals surface area contributed by atoms with Gasteiger partial charge in [-0.2, -0.15) is 9.97 Å². The van der Waals surface area contributed by atoms with Gasteiger partial charge >= 0.3 is 0 Å². The van der Waals surface area contributed by atoms with Gasteiger partial charge in [-0.05, 0) is 55.9 Å². The fraction of sp³-hybridized carbons (Fsp3) is 0. The highest BCUT2D eigenvalue weighted by Crippen LogP contribution is 2.43. The van der Waals surface area contributed by atoms with Crippen molar-refractivity contribution < 1.29 is 0 Å². The van der Waals surface area contributed by atoms with Crippen LogP contribution in [0.5, 0.6) is 0 Å². The first-order valence-electron chi connectivity index (χ1n) is 17.2. The van der Waals surface area contributed by atoms with Crippen LogP contribution in [0.1, 0.15) is 0 Å². The highest BCUT2D eigenvalue weighted by atomic mass is 15.2. The van der Waals surface area contributed by atoms with E-state index in [1.54, 1.807) is 0 Å². The second-order valence-corrected chi connectivity index (χ2v) is 12.8. The van der Waals surface area contributed by atoms with Gasteiger partial charge in [0.1, 0.15) is 0 Å². The lowest BCUT2D eigenvalue weighted by molar-refractivity contribution is 0.954. The summed E-state index contributed by atoms with van der Waals surface area (Å²) in [5.74, 6) is 1.83. The predicted molar refractivity (Wildman–Crippen MR) is 211 cm³/mol. The van der Waals surface area contributed by atoms with Gasteiger partial charge in [-0.1, -0.05) is 170 Å². The Kier molecular flexibility index (Phi) is 6.78. The van der Waals surface area contributed by atoms with Gasteiger partial charge < -0.3 is 0 Å². The van der Waals surface area contributed by atoms with Crippen LogP contribution in [0.4, 0.5) is 0 Å². The van der Waals surface area contributed by atoms with Gasteiger partial charge in [0.2, 0.25) is 5.95 Å². The molecule has 4 heteroatoms. The Morgan fingerprint density at radius 2 is 0.902 bits per heavy atom. The molecule has 4 nitrogen and oxygen atoms in total. The van der Waals surface area contributed by atoms with E-state index in [9.17, 15) is 0 Å². The highest BCUT2D eigenvalue weighted by molar-refractivity contribution is 6.24. The number of aromatic nitrogens is 4. The normalized spacial score (nSPS) is 11.5. The standard InChI is InChI=1S/C47H30N4/c1-4-15-32(16-5-1)41-30-43-44(39-25-13-12-24-38(39)41)40-28-27-35(37-26-14-22-31-17-10-11-23-36(31)37)29-42(40)51(43)47-49-45(33-18-6-2-7-19-33)48-46(50-47)34-20-8-3-9-21-34/h1-30H. The van der Waals surface area contributed by atoms with Gasteiger partial charge in [-0.25, -0.2) is 4.98 Å². The zero-order chi connectivity index (χ0) is 33.7. The number of rotatable bonds is 5. The molecule has 238 valence electrons. The average molecular weight is 651 g/mol. The van der Waals surface area contributed by atoms with Crippen LogP contribution in [0.2, 0.25) is 0 Å². The van der Waals surface area contributed by atoms with Crippen LogP contribution >= 0.6 is 0 Å². The molecular weight excluding hydrogens is 621 g/mol. The SMILES string of the molecule is c1ccc(-c2nc(-c3ccccc3)nc(-n3c4cc(-c5cccc6ccccc56)ccc4c4c5ccccc5c(-c5ccccc5)cc43)n2)cc1. The van der Waals surface area contributed by atoms with Crippen molar-refractivity contribution in [2.24, 2.45) is 0 Å². The summed E-state index contributed by atoms with van der Waals surface area (Å²) in [5.41, 5.74) is 8.60. The van der Waals surface area contributed by atoms with Gasteiger partial charge in [0.05, 0.1) is 11.0 Å². The summed E-state index contributed by atoms with van der Waals surface area (Å²) in [4.78, 5) is 15.5. The van der Waals surface area contributed by atoms with E-state index >= 15 is 0 Å². The molecule has 2 heterocycles. The first kappa shape index (κ1) is 29.0. The third-order valence-electron chi connectivity index (χ3n) is 9.85. The number of hydrogen-bond acceptors (Lipinski definition) is 3. The lowest BCUT2D eigenvalue weighted by atomic mass is 9.94. The zero-order valence-electron chi connectivity index (χ0n) is 27.6. The summed E-state index contributed by atoms with van der Waals surface area (Å²) in [5, 5.41) is 7.15. The Morgan fingerprint density at radius 1 is 0.333 bits per heavy atom. The van der Waals surface area contributed by atoms with Crippen molar-refractivity contribution in [3.05, 3.63) is 182 Å². The lowest BCUT2D eigenvalue weighted by Gasteiger charge is -2.13. The Hall–Kier alpha value is -6.91. The maximum absolute atomic E-state index is 5.25. The molecule has 10 rings (SSSR count). The summed E-state index contributed by atoms with van der Waals surface area (Å²) in [6.45, 7) is 0. The minimum Gasteiger partial charge on any atom is -0.278 e. The fourth-order valence-electron chi connectivity index (χ4n) is 7.49. The summed E-state index contributed by atoms with van der Waals surface area (Å²) in [6, 6.07) is 64.0. The molecule has 0 aliphatic rings. The summed E-state index contributed by atoms with van der Waals surface area (Å²) in [7, 11) is 0. The van der Waals surface area contributed by atoms with E-state index in [4.69, 9.17) is 15.0 Å². The van der Waals surface area contributed by atoms with E-state index in [-0.39, 0.29) is 0 Å². The molecule has 51 heavy (non-hydrogen) atoms. The number of hydrogen-bond donors (Lipinski definition) is 0. The van der Waals surface area contributed by atoms with Gasteiger partial charge in [0.25, 0.3) is 0 Å². The molecule has 0 N–H and O–H groups in total. The van der Waals surface area contributed by atoms with Crippen molar-refractivity contribution in [1.29, 1.82) is 0 Å². The molecule has 0 unspecified atom stereocenters. The molecule has 0 amide bonds. The van der Waals surface area contributed by atoms with E-state index in [0.717, 1.165) is 44.2 Å². The van der Waals surface area contributed by atoms with Crippen LogP contribution < -0.4 is 0 Å². The lowest BCUT2D eigenvalue weighted by Crippen LogP contribution is -2.06. The molecular formula is C47H30N4. The Morgan fingerprint density at radius 3 is 1.59 bits per heavy atom. The van der Waals surface area contributed by atoms with Crippen molar-refractivity contribution in [2.45, 2.75) is 0 Å². The smallest absolute Gasteiger partial charge is 0.238 e. The summed E-state index contributed by atoms with van der Waals surface area (Å²) >= 11 is 0. The molecule has 0 fully saturated rings.